The van der Waals surface area contributed by atoms with E-state index in [1.807, 2.05) is 6.92 Å². The lowest BCUT2D eigenvalue weighted by Crippen LogP contribution is -2.34. The molecule has 0 heterocycles. The van der Waals surface area contributed by atoms with E-state index in [9.17, 15) is 0 Å². The summed E-state index contributed by atoms with van der Waals surface area (Å²) in [5.41, 5.74) is -0.0938. The van der Waals surface area contributed by atoms with Crippen LogP contribution in [0.4, 0.5) is 0 Å². The molecule has 2 atom stereocenters. The second kappa shape index (κ2) is 3.37. The summed E-state index contributed by atoms with van der Waals surface area (Å²) in [7, 11) is 0. The van der Waals surface area contributed by atoms with Crippen molar-refractivity contribution in [3.8, 4) is 0 Å². The van der Waals surface area contributed by atoms with Gasteiger partial charge in [0.15, 0.2) is 0 Å². The molecule has 0 aromatic heterocycles. The number of aliphatic hydroxyl groups is 2. The molecule has 0 saturated carbocycles. The highest BCUT2D eigenvalue weighted by Gasteiger charge is 2.33. The highest BCUT2D eigenvalue weighted by atomic mass is 16.3. The van der Waals surface area contributed by atoms with Gasteiger partial charge < -0.3 is 10.2 Å². The molecule has 11 heavy (non-hydrogen) atoms. The summed E-state index contributed by atoms with van der Waals surface area (Å²) in [6.45, 7) is 2.38. The predicted octanol–water partition coefficient (Wildman–Crippen LogP) is 0.944. The highest BCUT2D eigenvalue weighted by Crippen LogP contribution is 2.36. The zero-order valence-electron chi connectivity index (χ0n) is 6.95. The minimum absolute atomic E-state index is 0.0938. The maximum absolute atomic E-state index is 9.11. The number of hydrogen-bond donors (Lipinski definition) is 2. The Morgan fingerprint density at radius 1 is 1.45 bits per heavy atom. The molecular formula is C9H16O2. The van der Waals surface area contributed by atoms with E-state index in [4.69, 9.17) is 10.2 Å². The predicted molar refractivity (Wildman–Crippen MR) is 44.1 cm³/mol. The zero-order valence-corrected chi connectivity index (χ0v) is 6.95. The average molecular weight is 156 g/mol. The normalized spacial score (nSPS) is 37.5. The molecule has 2 heteroatoms. The maximum Gasteiger partial charge on any atom is 0.0491 e. The van der Waals surface area contributed by atoms with Crippen LogP contribution < -0.4 is 0 Å². The van der Waals surface area contributed by atoms with Crippen LogP contribution in [-0.4, -0.2) is 23.4 Å². The zero-order chi connectivity index (χ0) is 8.32. The molecular weight excluding hydrogens is 140 g/mol. The minimum atomic E-state index is -0.0938. The fourth-order valence-corrected chi connectivity index (χ4v) is 1.55. The molecule has 2 N–H and O–H groups in total. The molecule has 0 aromatic rings. The quantitative estimate of drug-likeness (QED) is 0.584. The summed E-state index contributed by atoms with van der Waals surface area (Å²) in [6.07, 6.45) is 5.95. The Morgan fingerprint density at radius 3 is 2.64 bits per heavy atom. The summed E-state index contributed by atoms with van der Waals surface area (Å²) < 4.78 is 0. The van der Waals surface area contributed by atoms with Crippen LogP contribution in [0.2, 0.25) is 0 Å². The summed E-state index contributed by atoms with van der Waals surface area (Å²) in [6, 6.07) is 0. The molecule has 0 fully saturated rings. The second-order valence-electron chi connectivity index (χ2n) is 3.60. The Kier molecular flexibility index (Phi) is 2.68. The van der Waals surface area contributed by atoms with Gasteiger partial charge in [-0.2, -0.15) is 0 Å². The molecule has 1 aliphatic rings. The summed E-state index contributed by atoms with van der Waals surface area (Å²) in [4.78, 5) is 0. The second-order valence-corrected chi connectivity index (χ2v) is 3.60. The van der Waals surface area contributed by atoms with Gasteiger partial charge in [0.05, 0.1) is 0 Å². The molecule has 0 aromatic carbocycles. The van der Waals surface area contributed by atoms with E-state index < -0.39 is 0 Å². The molecule has 0 amide bonds. The Bertz CT molecular complexity index is 154. The van der Waals surface area contributed by atoms with Crippen molar-refractivity contribution in [1.82, 2.24) is 0 Å². The van der Waals surface area contributed by atoms with E-state index in [2.05, 4.69) is 12.2 Å². The molecule has 0 unspecified atom stereocenters. The smallest absolute Gasteiger partial charge is 0.0491 e. The van der Waals surface area contributed by atoms with Gasteiger partial charge >= 0.3 is 0 Å². The first-order valence-electron chi connectivity index (χ1n) is 4.09. The molecule has 0 radical (unpaired) electrons. The van der Waals surface area contributed by atoms with Crippen LogP contribution in [0.3, 0.4) is 0 Å². The van der Waals surface area contributed by atoms with Gasteiger partial charge in [-0.15, -0.1) is 0 Å². The molecule has 64 valence electrons. The maximum atomic E-state index is 9.11. The van der Waals surface area contributed by atoms with Crippen molar-refractivity contribution in [3.05, 3.63) is 12.2 Å². The van der Waals surface area contributed by atoms with Crippen molar-refractivity contribution in [2.45, 2.75) is 19.8 Å². The van der Waals surface area contributed by atoms with Gasteiger partial charge in [-0.25, -0.2) is 0 Å². The summed E-state index contributed by atoms with van der Waals surface area (Å²) in [5.74, 6) is 0.234. The highest BCUT2D eigenvalue weighted by molar-refractivity contribution is 5.00. The summed E-state index contributed by atoms with van der Waals surface area (Å²) in [5, 5.41) is 18.1. The Balaban J connectivity index is 2.67. The van der Waals surface area contributed by atoms with E-state index in [0.29, 0.717) is 0 Å². The van der Waals surface area contributed by atoms with Crippen LogP contribution in [-0.2, 0) is 0 Å². The first-order valence-corrected chi connectivity index (χ1v) is 4.09. The lowest BCUT2D eigenvalue weighted by Gasteiger charge is -2.36. The third kappa shape index (κ3) is 1.63. The molecule has 0 aliphatic heterocycles. The summed E-state index contributed by atoms with van der Waals surface area (Å²) >= 11 is 0. The van der Waals surface area contributed by atoms with Crippen molar-refractivity contribution >= 4 is 0 Å². The lowest BCUT2D eigenvalue weighted by molar-refractivity contribution is 0.0403. The molecule has 1 rings (SSSR count). The van der Waals surface area contributed by atoms with Crippen LogP contribution in [0, 0.1) is 11.3 Å². The number of aliphatic hydroxyl groups excluding tert-OH is 2. The fourth-order valence-electron chi connectivity index (χ4n) is 1.55. The van der Waals surface area contributed by atoms with Gasteiger partial charge in [-0.05, 0) is 24.2 Å². The van der Waals surface area contributed by atoms with E-state index in [1.54, 1.807) is 0 Å². The molecule has 1 aliphatic carbocycles. The average Bonchev–Trinajstić information content (AvgIpc) is 2.05. The Labute approximate surface area is 67.6 Å². The van der Waals surface area contributed by atoms with Gasteiger partial charge in [0, 0.05) is 13.2 Å². The van der Waals surface area contributed by atoms with E-state index in [0.717, 1.165) is 12.8 Å². The monoisotopic (exact) mass is 156 g/mol. The van der Waals surface area contributed by atoms with Crippen molar-refractivity contribution in [1.29, 1.82) is 0 Å². The minimum Gasteiger partial charge on any atom is -0.396 e. The van der Waals surface area contributed by atoms with Crippen LogP contribution in [0.25, 0.3) is 0 Å². The lowest BCUT2D eigenvalue weighted by atomic mass is 9.71. The van der Waals surface area contributed by atoms with Crippen molar-refractivity contribution in [2.75, 3.05) is 13.2 Å². The van der Waals surface area contributed by atoms with E-state index in [1.165, 1.54) is 0 Å². The number of rotatable bonds is 2. The SMILES string of the molecule is C[C@]1(CO)CC=CC[C@H]1CO. The van der Waals surface area contributed by atoms with Crippen molar-refractivity contribution in [3.63, 3.8) is 0 Å². The molecule has 0 saturated heterocycles. The fraction of sp³-hybridized carbons (Fsp3) is 0.778. The van der Waals surface area contributed by atoms with Crippen LogP contribution in [0.15, 0.2) is 12.2 Å². The van der Waals surface area contributed by atoms with Gasteiger partial charge in [0.25, 0.3) is 0 Å². The van der Waals surface area contributed by atoms with Gasteiger partial charge in [0.1, 0.15) is 0 Å². The van der Waals surface area contributed by atoms with Crippen LogP contribution in [0.1, 0.15) is 19.8 Å². The van der Waals surface area contributed by atoms with E-state index >= 15 is 0 Å². The Morgan fingerprint density at radius 2 is 2.18 bits per heavy atom. The third-order valence-electron chi connectivity index (χ3n) is 2.74. The van der Waals surface area contributed by atoms with Gasteiger partial charge in [0.2, 0.25) is 0 Å². The first kappa shape index (κ1) is 8.75. The van der Waals surface area contributed by atoms with Crippen molar-refractivity contribution in [2.24, 2.45) is 11.3 Å². The van der Waals surface area contributed by atoms with Crippen LogP contribution in [0.5, 0.6) is 0 Å². The molecule has 2 nitrogen and oxygen atoms in total. The van der Waals surface area contributed by atoms with Crippen LogP contribution >= 0.6 is 0 Å². The first-order chi connectivity index (χ1) is 5.23. The Hall–Kier alpha value is -0.340. The topological polar surface area (TPSA) is 40.5 Å². The molecule has 0 bridgehead atoms. The van der Waals surface area contributed by atoms with Gasteiger partial charge in [-0.1, -0.05) is 19.1 Å². The largest absolute Gasteiger partial charge is 0.396 e. The molecule has 0 spiro atoms. The van der Waals surface area contributed by atoms with Crippen molar-refractivity contribution < 1.29 is 10.2 Å². The number of allylic oxidation sites excluding steroid dienone is 2. The third-order valence-corrected chi connectivity index (χ3v) is 2.74. The van der Waals surface area contributed by atoms with Gasteiger partial charge in [-0.3, -0.25) is 0 Å². The number of hydrogen-bond acceptors (Lipinski definition) is 2. The standard InChI is InChI=1S/C9H16O2/c1-9(7-11)5-3-2-4-8(9)6-10/h2-3,8,10-11H,4-7H2,1H3/t8-,9+/m0/s1. The van der Waals surface area contributed by atoms with E-state index in [-0.39, 0.29) is 24.5 Å².